The van der Waals surface area contributed by atoms with Crippen LogP contribution in [0.2, 0.25) is 5.02 Å². The summed E-state index contributed by atoms with van der Waals surface area (Å²) >= 11 is 6.17. The van der Waals surface area contributed by atoms with E-state index >= 15 is 0 Å². The van der Waals surface area contributed by atoms with Crippen LogP contribution in [0.1, 0.15) is 5.56 Å². The molecule has 7 nitrogen and oxygen atoms in total. The number of nitrogens with zero attached hydrogens (tertiary/aromatic N) is 1. The number of nitrogens with one attached hydrogen (secondary N) is 1. The third kappa shape index (κ3) is 5.37. The van der Waals surface area contributed by atoms with Crippen molar-refractivity contribution in [3.05, 3.63) is 53.1 Å². The molecule has 0 unspecified atom stereocenters. The quantitative estimate of drug-likeness (QED) is 0.623. The van der Waals surface area contributed by atoms with Crippen LogP contribution in [0.5, 0.6) is 5.75 Å². The molecule has 2 rings (SSSR count). The van der Waals surface area contributed by atoms with Crippen molar-refractivity contribution in [2.45, 2.75) is 11.8 Å². The number of carbonyl (C=O) groups is 1. The maximum Gasteiger partial charge on any atom is 0.264 e. The van der Waals surface area contributed by atoms with Crippen LogP contribution in [0, 0.1) is 6.92 Å². The number of sulfonamides is 1. The molecule has 1 N–H and O–H groups in total. The van der Waals surface area contributed by atoms with Gasteiger partial charge in [-0.25, -0.2) is 8.42 Å². The molecule has 0 fully saturated rings. The first kappa shape index (κ1) is 22.0. The van der Waals surface area contributed by atoms with Crippen LogP contribution in [0.3, 0.4) is 0 Å². The number of benzene rings is 2. The van der Waals surface area contributed by atoms with E-state index in [-0.39, 0.29) is 22.2 Å². The Balaban J connectivity index is 2.42. The molecule has 0 aromatic heterocycles. The zero-order valence-corrected chi connectivity index (χ0v) is 17.5. The molecule has 2 aromatic rings. The highest BCUT2D eigenvalue weighted by Gasteiger charge is 2.27. The summed E-state index contributed by atoms with van der Waals surface area (Å²) in [7, 11) is -1.01. The number of aryl methyl sites for hydroxylation is 1. The number of amides is 1. The Kier molecular flexibility index (Phi) is 7.68. The molecule has 1 amide bonds. The molecule has 0 heterocycles. The lowest BCUT2D eigenvalue weighted by molar-refractivity contribution is -0.119. The highest BCUT2D eigenvalue weighted by Crippen LogP contribution is 2.31. The molecule has 0 aliphatic carbocycles. The Morgan fingerprint density at radius 2 is 1.82 bits per heavy atom. The fourth-order valence-corrected chi connectivity index (χ4v) is 4.11. The summed E-state index contributed by atoms with van der Waals surface area (Å²) in [5, 5.41) is 2.87. The van der Waals surface area contributed by atoms with Gasteiger partial charge in [0.05, 0.1) is 29.3 Å². The van der Waals surface area contributed by atoms with Gasteiger partial charge in [0.25, 0.3) is 10.0 Å². The van der Waals surface area contributed by atoms with Crippen molar-refractivity contribution < 1.29 is 22.7 Å². The summed E-state index contributed by atoms with van der Waals surface area (Å²) in [6.45, 7) is 2.06. The molecule has 0 saturated heterocycles. The number of methoxy groups -OCH3 is 2. The SMILES string of the molecule is COCCNC(=O)CN(c1ccc(OC)c(Cl)c1)S(=O)(=O)c1ccc(C)cc1. The molecule has 0 atom stereocenters. The average molecular weight is 427 g/mol. The predicted octanol–water partition coefficient (Wildman–Crippen LogP) is 2.61. The highest BCUT2D eigenvalue weighted by atomic mass is 35.5. The summed E-state index contributed by atoms with van der Waals surface area (Å²) in [5.41, 5.74) is 1.18. The largest absolute Gasteiger partial charge is 0.495 e. The maximum atomic E-state index is 13.2. The number of hydrogen-bond donors (Lipinski definition) is 1. The van der Waals surface area contributed by atoms with E-state index in [0.29, 0.717) is 12.4 Å². The van der Waals surface area contributed by atoms with Crippen molar-refractivity contribution in [2.24, 2.45) is 0 Å². The normalized spacial score (nSPS) is 11.1. The minimum absolute atomic E-state index is 0.0785. The van der Waals surface area contributed by atoms with Gasteiger partial charge in [0.15, 0.2) is 0 Å². The van der Waals surface area contributed by atoms with Gasteiger partial charge in [-0.3, -0.25) is 9.10 Å². The molecule has 152 valence electrons. The minimum atomic E-state index is -3.99. The van der Waals surface area contributed by atoms with Crippen LogP contribution >= 0.6 is 11.6 Å². The zero-order chi connectivity index (χ0) is 20.7. The second kappa shape index (κ2) is 9.77. The van der Waals surface area contributed by atoms with Crippen LogP contribution in [0.15, 0.2) is 47.4 Å². The molecule has 0 spiro atoms. The van der Waals surface area contributed by atoms with Gasteiger partial charge >= 0.3 is 0 Å². The number of rotatable bonds is 9. The molecular formula is C19H23ClN2O5S. The second-order valence-electron chi connectivity index (χ2n) is 5.99. The Morgan fingerprint density at radius 1 is 1.14 bits per heavy atom. The molecule has 28 heavy (non-hydrogen) atoms. The molecule has 2 aromatic carbocycles. The van der Waals surface area contributed by atoms with Gasteiger partial charge in [-0.05, 0) is 37.3 Å². The number of halogens is 1. The molecule has 0 saturated carbocycles. The van der Waals surface area contributed by atoms with Crippen molar-refractivity contribution in [3.8, 4) is 5.75 Å². The van der Waals surface area contributed by atoms with E-state index < -0.39 is 22.5 Å². The van der Waals surface area contributed by atoms with Gasteiger partial charge in [-0.1, -0.05) is 29.3 Å². The summed E-state index contributed by atoms with van der Waals surface area (Å²) in [6, 6.07) is 11.0. The van der Waals surface area contributed by atoms with Crippen molar-refractivity contribution in [3.63, 3.8) is 0 Å². The number of carbonyl (C=O) groups excluding carboxylic acids is 1. The van der Waals surface area contributed by atoms with Gasteiger partial charge in [0, 0.05) is 13.7 Å². The van der Waals surface area contributed by atoms with Crippen LogP contribution < -0.4 is 14.4 Å². The van der Waals surface area contributed by atoms with Crippen molar-refractivity contribution in [1.82, 2.24) is 5.32 Å². The molecule has 0 aliphatic heterocycles. The van der Waals surface area contributed by atoms with Gasteiger partial charge < -0.3 is 14.8 Å². The summed E-state index contributed by atoms with van der Waals surface area (Å²) < 4.78 is 37.5. The van der Waals surface area contributed by atoms with E-state index in [1.54, 1.807) is 24.3 Å². The van der Waals surface area contributed by atoms with E-state index in [1.807, 2.05) is 6.92 Å². The van der Waals surface area contributed by atoms with Crippen LogP contribution in [-0.2, 0) is 19.6 Å². The zero-order valence-electron chi connectivity index (χ0n) is 15.9. The van der Waals surface area contributed by atoms with E-state index in [2.05, 4.69) is 5.32 Å². The number of ether oxygens (including phenoxy) is 2. The Bertz CT molecular complexity index is 916. The van der Waals surface area contributed by atoms with Gasteiger partial charge in [0.1, 0.15) is 12.3 Å². The monoisotopic (exact) mass is 426 g/mol. The van der Waals surface area contributed by atoms with Gasteiger partial charge in [-0.2, -0.15) is 0 Å². The third-order valence-electron chi connectivity index (χ3n) is 3.95. The fraction of sp³-hybridized carbons (Fsp3) is 0.316. The molecule has 0 bridgehead atoms. The first-order chi connectivity index (χ1) is 13.3. The van der Waals surface area contributed by atoms with Crippen molar-refractivity contribution in [1.29, 1.82) is 0 Å². The first-order valence-electron chi connectivity index (χ1n) is 8.48. The van der Waals surface area contributed by atoms with Gasteiger partial charge in [0.2, 0.25) is 5.91 Å². The topological polar surface area (TPSA) is 84.9 Å². The lowest BCUT2D eigenvalue weighted by atomic mass is 10.2. The second-order valence-corrected chi connectivity index (χ2v) is 8.26. The standard InChI is InChI=1S/C19H23ClN2O5S/c1-14-4-7-16(8-5-14)28(24,25)22(13-19(23)21-10-11-26-2)15-6-9-18(27-3)17(20)12-15/h4-9,12H,10-11,13H2,1-3H3,(H,21,23). The minimum Gasteiger partial charge on any atom is -0.495 e. The van der Waals surface area contributed by atoms with Crippen molar-refractivity contribution in [2.75, 3.05) is 38.2 Å². The van der Waals surface area contributed by atoms with Crippen LogP contribution in [0.25, 0.3) is 0 Å². The lowest BCUT2D eigenvalue weighted by Gasteiger charge is -2.24. The summed E-state index contributed by atoms with van der Waals surface area (Å²) in [4.78, 5) is 12.4. The molecule has 0 aliphatic rings. The Morgan fingerprint density at radius 3 is 2.39 bits per heavy atom. The highest BCUT2D eigenvalue weighted by molar-refractivity contribution is 7.92. The molecule has 9 heteroatoms. The maximum absolute atomic E-state index is 13.2. The van der Waals surface area contributed by atoms with E-state index in [9.17, 15) is 13.2 Å². The van der Waals surface area contributed by atoms with Gasteiger partial charge in [-0.15, -0.1) is 0 Å². The van der Waals surface area contributed by atoms with E-state index in [0.717, 1.165) is 9.87 Å². The van der Waals surface area contributed by atoms with E-state index in [4.69, 9.17) is 21.1 Å². The average Bonchev–Trinajstić information content (AvgIpc) is 2.66. The fourth-order valence-electron chi connectivity index (χ4n) is 2.44. The predicted molar refractivity (Wildman–Crippen MR) is 109 cm³/mol. The first-order valence-corrected chi connectivity index (χ1v) is 10.3. The number of anilines is 1. The summed E-state index contributed by atoms with van der Waals surface area (Å²) in [6.07, 6.45) is 0. The molecule has 0 radical (unpaired) electrons. The van der Waals surface area contributed by atoms with Crippen molar-refractivity contribution >= 4 is 33.2 Å². The van der Waals surface area contributed by atoms with Crippen LogP contribution in [-0.4, -0.2) is 48.2 Å². The van der Waals surface area contributed by atoms with Crippen LogP contribution in [0.4, 0.5) is 5.69 Å². The van der Waals surface area contributed by atoms with E-state index in [1.165, 1.54) is 32.4 Å². The molecular weight excluding hydrogens is 404 g/mol. The Labute approximate surface area is 170 Å². The lowest BCUT2D eigenvalue weighted by Crippen LogP contribution is -2.41. The number of hydrogen-bond acceptors (Lipinski definition) is 5. The third-order valence-corrected chi connectivity index (χ3v) is 6.03. The summed E-state index contributed by atoms with van der Waals surface area (Å²) in [5.74, 6) is -0.0534. The smallest absolute Gasteiger partial charge is 0.264 e. The Hall–Kier alpha value is -2.29.